The summed E-state index contributed by atoms with van der Waals surface area (Å²) in [5, 5.41) is 2.76. The van der Waals surface area contributed by atoms with E-state index in [4.69, 9.17) is 4.74 Å². The van der Waals surface area contributed by atoms with Gasteiger partial charge in [0, 0.05) is 5.69 Å². The summed E-state index contributed by atoms with van der Waals surface area (Å²) in [4.78, 5) is 15.9. The highest BCUT2D eigenvalue weighted by Crippen LogP contribution is 2.12. The quantitative estimate of drug-likeness (QED) is 0.858. The van der Waals surface area contributed by atoms with Crippen LogP contribution in [0, 0.1) is 6.92 Å². The molecule has 0 spiro atoms. The van der Waals surface area contributed by atoms with Gasteiger partial charge in [0.1, 0.15) is 5.60 Å². The number of aryl methyl sites for hydroxylation is 1. The van der Waals surface area contributed by atoms with Crippen molar-refractivity contribution < 1.29 is 9.53 Å². The summed E-state index contributed by atoms with van der Waals surface area (Å²) in [5.41, 5.74) is 1.28. The number of ether oxygens (including phenoxy) is 1. The van der Waals surface area contributed by atoms with Crippen molar-refractivity contribution >= 4 is 6.09 Å². The molecule has 0 aromatic carbocycles. The first-order valence-corrected chi connectivity index (χ1v) is 5.71. The SMILES string of the molecule is Cc1cccc([C@@H](C)NC(=O)OC(C)(C)C)n1. The Bertz CT molecular complexity index is 397. The Kier molecular flexibility index (Phi) is 4.10. The van der Waals surface area contributed by atoms with E-state index in [1.807, 2.05) is 52.8 Å². The van der Waals surface area contributed by atoms with Crippen LogP contribution in [0.4, 0.5) is 4.79 Å². The molecule has 1 heterocycles. The normalized spacial score (nSPS) is 13.0. The lowest BCUT2D eigenvalue weighted by Crippen LogP contribution is -2.34. The summed E-state index contributed by atoms with van der Waals surface area (Å²) in [6.07, 6.45) is -0.423. The first-order chi connectivity index (χ1) is 7.78. The highest BCUT2D eigenvalue weighted by Gasteiger charge is 2.18. The number of hydrogen-bond donors (Lipinski definition) is 1. The van der Waals surface area contributed by atoms with E-state index in [-0.39, 0.29) is 6.04 Å². The Hall–Kier alpha value is -1.58. The molecule has 4 nitrogen and oxygen atoms in total. The van der Waals surface area contributed by atoms with Gasteiger partial charge in [-0.25, -0.2) is 4.79 Å². The number of nitrogens with zero attached hydrogens (tertiary/aromatic N) is 1. The molecule has 0 unspecified atom stereocenters. The van der Waals surface area contributed by atoms with Crippen LogP contribution in [0.2, 0.25) is 0 Å². The van der Waals surface area contributed by atoms with Gasteiger partial charge in [-0.05, 0) is 46.8 Å². The zero-order chi connectivity index (χ0) is 13.1. The van der Waals surface area contributed by atoms with E-state index in [9.17, 15) is 4.79 Å². The number of alkyl carbamates (subject to hydrolysis) is 1. The molecule has 0 bridgehead atoms. The van der Waals surface area contributed by atoms with Crippen LogP contribution in [-0.4, -0.2) is 16.7 Å². The fourth-order valence-corrected chi connectivity index (χ4v) is 1.36. The summed E-state index contributed by atoms with van der Waals surface area (Å²) in [5.74, 6) is 0. The Morgan fingerprint density at radius 1 is 1.41 bits per heavy atom. The predicted octanol–water partition coefficient (Wildman–Crippen LogP) is 2.98. The van der Waals surface area contributed by atoms with Gasteiger partial charge in [0.15, 0.2) is 0 Å². The van der Waals surface area contributed by atoms with Gasteiger partial charge in [0.2, 0.25) is 0 Å². The first-order valence-electron chi connectivity index (χ1n) is 5.71. The van der Waals surface area contributed by atoms with Crippen LogP contribution in [0.3, 0.4) is 0 Å². The maximum atomic E-state index is 11.6. The summed E-state index contributed by atoms with van der Waals surface area (Å²) < 4.78 is 5.18. The molecule has 0 aliphatic carbocycles. The standard InChI is InChI=1S/C13H20N2O2/c1-9-7-6-8-11(14-9)10(2)15-12(16)17-13(3,4)5/h6-8,10H,1-5H3,(H,15,16)/t10-/m1/s1. The molecule has 0 aliphatic heterocycles. The van der Waals surface area contributed by atoms with Crippen molar-refractivity contribution in [2.24, 2.45) is 0 Å². The van der Waals surface area contributed by atoms with Crippen molar-refractivity contribution in [3.05, 3.63) is 29.6 Å². The van der Waals surface area contributed by atoms with Crippen molar-refractivity contribution in [1.29, 1.82) is 0 Å². The average molecular weight is 236 g/mol. The number of amides is 1. The molecule has 0 aliphatic rings. The van der Waals surface area contributed by atoms with Crippen LogP contribution >= 0.6 is 0 Å². The Morgan fingerprint density at radius 2 is 2.06 bits per heavy atom. The van der Waals surface area contributed by atoms with E-state index in [1.165, 1.54) is 0 Å². The van der Waals surface area contributed by atoms with Crippen molar-refractivity contribution in [2.75, 3.05) is 0 Å². The van der Waals surface area contributed by atoms with Gasteiger partial charge in [0.05, 0.1) is 11.7 Å². The van der Waals surface area contributed by atoms with Gasteiger partial charge >= 0.3 is 6.09 Å². The van der Waals surface area contributed by atoms with Crippen LogP contribution in [-0.2, 0) is 4.74 Å². The van der Waals surface area contributed by atoms with Crippen LogP contribution in [0.25, 0.3) is 0 Å². The van der Waals surface area contributed by atoms with Crippen molar-refractivity contribution in [3.63, 3.8) is 0 Å². The molecule has 17 heavy (non-hydrogen) atoms. The summed E-state index contributed by atoms with van der Waals surface area (Å²) >= 11 is 0. The predicted molar refractivity (Wildman–Crippen MR) is 66.8 cm³/mol. The fourth-order valence-electron chi connectivity index (χ4n) is 1.36. The van der Waals surface area contributed by atoms with Gasteiger partial charge in [-0.3, -0.25) is 4.98 Å². The molecule has 4 heteroatoms. The molecular formula is C13H20N2O2. The second kappa shape index (κ2) is 5.17. The Balaban J connectivity index is 2.61. The lowest BCUT2D eigenvalue weighted by Gasteiger charge is -2.21. The minimum atomic E-state index is -0.482. The second-order valence-electron chi connectivity index (χ2n) is 5.07. The third-order valence-corrected chi connectivity index (χ3v) is 2.09. The van der Waals surface area contributed by atoms with Gasteiger partial charge in [-0.2, -0.15) is 0 Å². The Morgan fingerprint density at radius 3 is 2.59 bits per heavy atom. The van der Waals surface area contributed by atoms with E-state index in [2.05, 4.69) is 10.3 Å². The third kappa shape index (κ3) is 4.85. The molecule has 1 aromatic rings. The topological polar surface area (TPSA) is 51.2 Å². The molecule has 0 fully saturated rings. The molecule has 1 aromatic heterocycles. The minimum Gasteiger partial charge on any atom is -0.444 e. The van der Waals surface area contributed by atoms with Gasteiger partial charge < -0.3 is 10.1 Å². The van der Waals surface area contributed by atoms with Crippen molar-refractivity contribution in [2.45, 2.75) is 46.3 Å². The smallest absolute Gasteiger partial charge is 0.408 e. The van der Waals surface area contributed by atoms with Crippen molar-refractivity contribution in [1.82, 2.24) is 10.3 Å². The third-order valence-electron chi connectivity index (χ3n) is 2.09. The second-order valence-corrected chi connectivity index (χ2v) is 5.07. The van der Waals surface area contributed by atoms with Crippen LogP contribution in [0.15, 0.2) is 18.2 Å². The van der Waals surface area contributed by atoms with E-state index in [0.29, 0.717) is 0 Å². The number of carbonyl (C=O) groups is 1. The Labute approximate surface area is 102 Å². The molecular weight excluding hydrogens is 216 g/mol. The molecule has 94 valence electrons. The molecule has 0 saturated carbocycles. The van der Waals surface area contributed by atoms with Crippen LogP contribution in [0.1, 0.15) is 45.1 Å². The largest absolute Gasteiger partial charge is 0.444 e. The summed E-state index contributed by atoms with van der Waals surface area (Å²) in [7, 11) is 0. The molecule has 1 amide bonds. The van der Waals surface area contributed by atoms with Gasteiger partial charge in [0.25, 0.3) is 0 Å². The number of aromatic nitrogens is 1. The zero-order valence-corrected chi connectivity index (χ0v) is 11.1. The summed E-state index contributed by atoms with van der Waals surface area (Å²) in [6.45, 7) is 9.31. The van der Waals surface area contributed by atoms with E-state index in [1.54, 1.807) is 0 Å². The number of hydrogen-bond acceptors (Lipinski definition) is 3. The fraction of sp³-hybridized carbons (Fsp3) is 0.538. The highest BCUT2D eigenvalue weighted by molar-refractivity contribution is 5.68. The average Bonchev–Trinajstić information content (AvgIpc) is 2.14. The summed E-state index contributed by atoms with van der Waals surface area (Å²) in [6, 6.07) is 5.56. The first kappa shape index (κ1) is 13.5. The van der Waals surface area contributed by atoms with Gasteiger partial charge in [-0.15, -0.1) is 0 Å². The lowest BCUT2D eigenvalue weighted by molar-refractivity contribution is 0.0507. The molecule has 0 saturated heterocycles. The van der Waals surface area contributed by atoms with E-state index in [0.717, 1.165) is 11.4 Å². The number of pyridine rings is 1. The van der Waals surface area contributed by atoms with E-state index >= 15 is 0 Å². The van der Waals surface area contributed by atoms with E-state index < -0.39 is 11.7 Å². The molecule has 1 rings (SSSR count). The molecule has 1 atom stereocenters. The monoisotopic (exact) mass is 236 g/mol. The minimum absolute atomic E-state index is 0.162. The van der Waals surface area contributed by atoms with Crippen LogP contribution in [0.5, 0.6) is 0 Å². The van der Waals surface area contributed by atoms with Gasteiger partial charge in [-0.1, -0.05) is 6.07 Å². The van der Waals surface area contributed by atoms with Crippen molar-refractivity contribution in [3.8, 4) is 0 Å². The molecule has 0 radical (unpaired) electrons. The molecule has 1 N–H and O–H groups in total. The highest BCUT2D eigenvalue weighted by atomic mass is 16.6. The maximum absolute atomic E-state index is 11.6. The maximum Gasteiger partial charge on any atom is 0.408 e. The number of carbonyl (C=O) groups excluding carboxylic acids is 1. The number of rotatable bonds is 2. The van der Waals surface area contributed by atoms with Crippen LogP contribution < -0.4 is 5.32 Å². The number of nitrogens with one attached hydrogen (secondary N) is 1. The zero-order valence-electron chi connectivity index (χ0n) is 11.1. The lowest BCUT2D eigenvalue weighted by atomic mass is 10.2.